The number of nitrogen functional groups attached to an aromatic ring is 1. The average molecular weight is 292 g/mol. The molecular formula is C11H16N8O2. The lowest BCUT2D eigenvalue weighted by atomic mass is 10.3. The molecule has 0 fully saturated rings. The zero-order valence-electron chi connectivity index (χ0n) is 11.6. The highest BCUT2D eigenvalue weighted by Gasteiger charge is 2.16. The number of esters is 1. The Balaban J connectivity index is 2.23. The molecule has 0 saturated carbocycles. The highest BCUT2D eigenvalue weighted by Crippen LogP contribution is 2.09. The number of hydrazine groups is 1. The molecular weight excluding hydrogens is 276 g/mol. The van der Waals surface area contributed by atoms with Crippen LogP contribution in [-0.2, 0) is 9.53 Å². The number of nitrogens with zero attached hydrogens (tertiary/aromatic N) is 5. The van der Waals surface area contributed by atoms with Crippen LogP contribution >= 0.6 is 0 Å². The van der Waals surface area contributed by atoms with Crippen molar-refractivity contribution in [3.05, 3.63) is 18.5 Å². The van der Waals surface area contributed by atoms with Crippen LogP contribution < -0.4 is 16.6 Å². The van der Waals surface area contributed by atoms with E-state index in [0.717, 1.165) is 0 Å². The molecule has 2 rings (SSSR count). The van der Waals surface area contributed by atoms with E-state index in [4.69, 9.17) is 10.6 Å². The van der Waals surface area contributed by atoms with Crippen molar-refractivity contribution in [3.8, 4) is 5.95 Å². The predicted molar refractivity (Wildman–Crippen MR) is 74.5 cm³/mol. The predicted octanol–water partition coefficient (Wildman–Crippen LogP) is -0.294. The van der Waals surface area contributed by atoms with Crippen LogP contribution in [0, 0.1) is 0 Å². The fraction of sp³-hybridized carbons (Fsp3) is 0.364. The van der Waals surface area contributed by atoms with Crippen molar-refractivity contribution < 1.29 is 9.53 Å². The molecule has 0 amide bonds. The molecule has 10 heteroatoms. The summed E-state index contributed by atoms with van der Waals surface area (Å²) in [6, 6.07) is 1.12. The van der Waals surface area contributed by atoms with E-state index in [2.05, 4.69) is 30.8 Å². The van der Waals surface area contributed by atoms with Crippen LogP contribution in [0.25, 0.3) is 5.95 Å². The number of hydrogen-bond donors (Lipinski definition) is 3. The topological polar surface area (TPSA) is 133 Å². The first-order valence-corrected chi connectivity index (χ1v) is 6.30. The molecule has 4 N–H and O–H groups in total. The number of nitrogens with one attached hydrogen (secondary N) is 2. The molecule has 112 valence electrons. The van der Waals surface area contributed by atoms with Crippen LogP contribution in [0.4, 0.5) is 11.9 Å². The fourth-order valence-electron chi connectivity index (χ4n) is 1.50. The molecule has 0 aliphatic rings. The summed E-state index contributed by atoms with van der Waals surface area (Å²) in [5.74, 6) is 5.52. The number of aromatic nitrogens is 5. The third kappa shape index (κ3) is 3.63. The summed E-state index contributed by atoms with van der Waals surface area (Å²) in [4.78, 5) is 23.9. The Hall–Kier alpha value is -2.75. The maximum absolute atomic E-state index is 11.6. The molecule has 0 saturated heterocycles. The average Bonchev–Trinajstić information content (AvgIpc) is 3.01. The van der Waals surface area contributed by atoms with E-state index in [9.17, 15) is 4.79 Å². The molecule has 0 spiro atoms. The molecule has 0 aliphatic carbocycles. The molecule has 2 heterocycles. The molecule has 0 radical (unpaired) electrons. The van der Waals surface area contributed by atoms with E-state index in [1.165, 1.54) is 4.68 Å². The summed E-state index contributed by atoms with van der Waals surface area (Å²) in [5, 5.41) is 6.85. The molecule has 21 heavy (non-hydrogen) atoms. The molecule has 10 nitrogen and oxygen atoms in total. The smallest absolute Gasteiger partial charge is 0.328 e. The van der Waals surface area contributed by atoms with Crippen LogP contribution in [0.2, 0.25) is 0 Å². The Morgan fingerprint density at radius 2 is 2.19 bits per heavy atom. The molecule has 1 unspecified atom stereocenters. The van der Waals surface area contributed by atoms with Gasteiger partial charge >= 0.3 is 5.97 Å². The lowest BCUT2D eigenvalue weighted by molar-refractivity contribution is -0.143. The molecule has 2 aromatic rings. The van der Waals surface area contributed by atoms with Crippen LogP contribution in [-0.4, -0.2) is 43.4 Å². The van der Waals surface area contributed by atoms with E-state index in [-0.39, 0.29) is 17.8 Å². The van der Waals surface area contributed by atoms with Gasteiger partial charge in [0.25, 0.3) is 5.95 Å². The summed E-state index contributed by atoms with van der Waals surface area (Å²) in [7, 11) is 0. The Kier molecular flexibility index (Phi) is 4.61. The van der Waals surface area contributed by atoms with Gasteiger partial charge in [0.15, 0.2) is 0 Å². The van der Waals surface area contributed by atoms with Crippen molar-refractivity contribution in [3.63, 3.8) is 0 Å². The van der Waals surface area contributed by atoms with Gasteiger partial charge in [-0.15, -0.1) is 0 Å². The van der Waals surface area contributed by atoms with Gasteiger partial charge in [-0.25, -0.2) is 15.3 Å². The van der Waals surface area contributed by atoms with Gasteiger partial charge in [0.1, 0.15) is 6.04 Å². The number of carbonyl (C=O) groups excluding carboxylic acids is 1. The molecule has 0 aliphatic heterocycles. The monoisotopic (exact) mass is 292 g/mol. The maximum atomic E-state index is 11.6. The van der Waals surface area contributed by atoms with Crippen LogP contribution in [0.5, 0.6) is 0 Å². The zero-order valence-corrected chi connectivity index (χ0v) is 11.6. The SMILES string of the molecule is CCOC(=O)C(C)Nc1nc(NN)nc(-n2cccn2)n1. The first-order chi connectivity index (χ1) is 10.1. The standard InChI is InChI=1S/C11H16N8O2/c1-3-21-8(20)7(2)14-9-15-10(18-12)17-11(16-9)19-6-4-5-13-19/h4-7H,3,12H2,1-2H3,(H2,14,15,16,17,18). The number of hydrogen-bond acceptors (Lipinski definition) is 9. The molecule has 0 aromatic carbocycles. The van der Waals surface area contributed by atoms with Gasteiger partial charge in [0.05, 0.1) is 6.61 Å². The van der Waals surface area contributed by atoms with Gasteiger partial charge in [-0.2, -0.15) is 20.1 Å². The number of carbonyl (C=O) groups is 1. The van der Waals surface area contributed by atoms with E-state index < -0.39 is 12.0 Å². The summed E-state index contributed by atoms with van der Waals surface area (Å²) >= 11 is 0. The van der Waals surface area contributed by atoms with E-state index in [0.29, 0.717) is 6.61 Å². The minimum absolute atomic E-state index is 0.147. The van der Waals surface area contributed by atoms with Crippen molar-refractivity contribution in [2.45, 2.75) is 19.9 Å². The van der Waals surface area contributed by atoms with Gasteiger partial charge in [-0.3, -0.25) is 5.43 Å². The fourth-order valence-corrected chi connectivity index (χ4v) is 1.50. The van der Waals surface area contributed by atoms with Gasteiger partial charge in [0.2, 0.25) is 11.9 Å². The number of ether oxygens (including phenoxy) is 1. The number of rotatable bonds is 6. The van der Waals surface area contributed by atoms with Crippen LogP contribution in [0.3, 0.4) is 0 Å². The quantitative estimate of drug-likeness (QED) is 0.373. The Labute approximate surface area is 120 Å². The molecule has 1 atom stereocenters. The number of anilines is 2. The first-order valence-electron chi connectivity index (χ1n) is 6.30. The minimum atomic E-state index is -0.608. The van der Waals surface area contributed by atoms with Crippen LogP contribution in [0.15, 0.2) is 18.5 Å². The third-order valence-corrected chi connectivity index (χ3v) is 2.45. The summed E-state index contributed by atoms with van der Waals surface area (Å²) in [6.45, 7) is 3.68. The van der Waals surface area contributed by atoms with Gasteiger partial charge in [0, 0.05) is 12.4 Å². The van der Waals surface area contributed by atoms with Crippen molar-refractivity contribution >= 4 is 17.9 Å². The van der Waals surface area contributed by atoms with Crippen molar-refractivity contribution in [2.75, 3.05) is 17.3 Å². The normalized spacial score (nSPS) is 11.8. The highest BCUT2D eigenvalue weighted by atomic mass is 16.5. The Morgan fingerprint density at radius 1 is 1.43 bits per heavy atom. The Morgan fingerprint density at radius 3 is 2.81 bits per heavy atom. The van der Waals surface area contributed by atoms with E-state index >= 15 is 0 Å². The van der Waals surface area contributed by atoms with E-state index in [1.54, 1.807) is 32.3 Å². The second-order valence-corrected chi connectivity index (χ2v) is 4.00. The summed E-state index contributed by atoms with van der Waals surface area (Å²) < 4.78 is 6.35. The van der Waals surface area contributed by atoms with Crippen molar-refractivity contribution in [2.24, 2.45) is 5.84 Å². The van der Waals surface area contributed by atoms with Gasteiger partial charge in [-0.05, 0) is 19.9 Å². The summed E-state index contributed by atoms with van der Waals surface area (Å²) in [5.41, 5.74) is 2.34. The molecule has 2 aromatic heterocycles. The minimum Gasteiger partial charge on any atom is -0.464 e. The van der Waals surface area contributed by atoms with Gasteiger partial charge in [-0.1, -0.05) is 0 Å². The van der Waals surface area contributed by atoms with E-state index in [1.807, 2.05) is 0 Å². The highest BCUT2D eigenvalue weighted by molar-refractivity contribution is 5.78. The van der Waals surface area contributed by atoms with Gasteiger partial charge < -0.3 is 10.1 Å². The lowest BCUT2D eigenvalue weighted by Crippen LogP contribution is -2.29. The first kappa shape index (κ1) is 14.7. The Bertz CT molecular complexity index is 600. The zero-order chi connectivity index (χ0) is 15.2. The van der Waals surface area contributed by atoms with Crippen LogP contribution in [0.1, 0.15) is 13.8 Å². The lowest BCUT2D eigenvalue weighted by Gasteiger charge is -2.13. The second kappa shape index (κ2) is 6.61. The van der Waals surface area contributed by atoms with Crippen molar-refractivity contribution in [1.82, 2.24) is 24.7 Å². The van der Waals surface area contributed by atoms with Crippen molar-refractivity contribution in [1.29, 1.82) is 0 Å². The second-order valence-electron chi connectivity index (χ2n) is 4.00. The molecule has 0 bridgehead atoms. The largest absolute Gasteiger partial charge is 0.464 e. The summed E-state index contributed by atoms with van der Waals surface area (Å²) in [6.07, 6.45) is 3.27. The maximum Gasteiger partial charge on any atom is 0.328 e. The number of nitrogens with two attached hydrogens (primary N) is 1. The third-order valence-electron chi connectivity index (χ3n) is 2.45.